The number of halogens is 1. The van der Waals surface area contributed by atoms with Crippen molar-refractivity contribution in [2.24, 2.45) is 0 Å². The molecule has 0 aliphatic heterocycles. The van der Waals surface area contributed by atoms with Gasteiger partial charge in [-0.3, -0.25) is 4.79 Å². The van der Waals surface area contributed by atoms with Gasteiger partial charge in [0.05, 0.1) is 5.75 Å². The van der Waals surface area contributed by atoms with E-state index in [0.717, 1.165) is 26.1 Å². The molecule has 0 saturated carbocycles. The van der Waals surface area contributed by atoms with Gasteiger partial charge in [0.15, 0.2) is 6.61 Å². The van der Waals surface area contributed by atoms with Crippen LogP contribution in [0.15, 0.2) is 52.1 Å². The maximum absolute atomic E-state index is 12.2. The molecule has 0 unspecified atom stereocenters. The van der Waals surface area contributed by atoms with E-state index in [4.69, 9.17) is 9.15 Å². The van der Waals surface area contributed by atoms with Gasteiger partial charge in [0.1, 0.15) is 5.75 Å². The van der Waals surface area contributed by atoms with Gasteiger partial charge in [0.2, 0.25) is 5.91 Å². The van der Waals surface area contributed by atoms with Crippen molar-refractivity contribution in [2.45, 2.75) is 25.7 Å². The Balaban J connectivity index is 1.50. The summed E-state index contributed by atoms with van der Waals surface area (Å²) in [6.45, 7) is 4.15. The fourth-order valence-corrected chi connectivity index (χ4v) is 3.94. The molecule has 0 aliphatic carbocycles. The van der Waals surface area contributed by atoms with Crippen LogP contribution in [0.2, 0.25) is 0 Å². The van der Waals surface area contributed by atoms with E-state index >= 15 is 0 Å². The fourth-order valence-electron chi connectivity index (χ4n) is 2.43. The van der Waals surface area contributed by atoms with E-state index in [1.54, 1.807) is 0 Å². The van der Waals surface area contributed by atoms with E-state index in [9.17, 15) is 4.79 Å². The summed E-state index contributed by atoms with van der Waals surface area (Å²) in [5, 5.41) is 11.2. The van der Waals surface area contributed by atoms with Gasteiger partial charge in [0.25, 0.3) is 11.1 Å². The second kappa shape index (κ2) is 9.23. The number of amides is 1. The normalized spacial score (nSPS) is 10.6. The first-order chi connectivity index (χ1) is 13.0. The number of hydrogen-bond acceptors (Lipinski definition) is 6. The van der Waals surface area contributed by atoms with Crippen LogP contribution >= 0.6 is 34.4 Å². The van der Waals surface area contributed by atoms with Gasteiger partial charge in [-0.15, -0.1) is 10.2 Å². The van der Waals surface area contributed by atoms with Gasteiger partial charge in [-0.05, 0) is 71.8 Å². The topological polar surface area (TPSA) is 77.2 Å². The van der Waals surface area contributed by atoms with Crippen molar-refractivity contribution in [3.05, 3.63) is 63.1 Å². The van der Waals surface area contributed by atoms with Crippen LogP contribution in [0.25, 0.3) is 0 Å². The molecule has 27 heavy (non-hydrogen) atoms. The Morgan fingerprint density at radius 1 is 1.19 bits per heavy atom. The van der Waals surface area contributed by atoms with Gasteiger partial charge in [-0.1, -0.05) is 30.0 Å². The van der Waals surface area contributed by atoms with Crippen LogP contribution in [0.1, 0.15) is 17.0 Å². The van der Waals surface area contributed by atoms with Crippen LogP contribution in [0, 0.1) is 17.4 Å². The van der Waals surface area contributed by atoms with Crippen LogP contribution in [-0.2, 0) is 11.4 Å². The van der Waals surface area contributed by atoms with Crippen LogP contribution in [0.5, 0.6) is 5.75 Å². The number of carbonyl (C=O) groups excluding carboxylic acids is 1. The Hall–Kier alpha value is -2.07. The monoisotopic (exact) mass is 495 g/mol. The molecule has 0 atom stereocenters. The molecule has 0 fully saturated rings. The van der Waals surface area contributed by atoms with Crippen molar-refractivity contribution in [1.82, 2.24) is 10.2 Å². The minimum atomic E-state index is -0.118. The molecule has 2 aromatic carbocycles. The van der Waals surface area contributed by atoms with E-state index in [2.05, 4.69) is 38.1 Å². The molecule has 8 heteroatoms. The number of para-hydroxylation sites is 1. The lowest BCUT2D eigenvalue weighted by Crippen LogP contribution is -2.16. The first kappa shape index (κ1) is 19.7. The molecule has 3 rings (SSSR count). The third kappa shape index (κ3) is 5.70. The summed E-state index contributed by atoms with van der Waals surface area (Å²) in [6, 6.07) is 13.5. The second-order valence-electron chi connectivity index (χ2n) is 5.81. The van der Waals surface area contributed by atoms with E-state index in [1.165, 1.54) is 11.8 Å². The van der Waals surface area contributed by atoms with Crippen LogP contribution in [0.4, 0.5) is 5.69 Å². The number of nitrogens with one attached hydrogen (secondary N) is 1. The number of aryl methyl sites for hydroxylation is 2. The summed E-state index contributed by atoms with van der Waals surface area (Å²) in [4.78, 5) is 12.2. The molecule has 1 aromatic heterocycles. The average Bonchev–Trinajstić information content (AvgIpc) is 3.10. The fraction of sp³-hybridized carbons (Fsp3) is 0.211. The van der Waals surface area contributed by atoms with E-state index < -0.39 is 0 Å². The molecule has 1 N–H and O–H groups in total. The highest BCUT2D eigenvalue weighted by atomic mass is 127. The van der Waals surface area contributed by atoms with E-state index in [0.29, 0.717) is 11.1 Å². The summed E-state index contributed by atoms with van der Waals surface area (Å²) in [7, 11) is 0. The summed E-state index contributed by atoms with van der Waals surface area (Å²) in [6.07, 6.45) is 0. The molecule has 3 aromatic rings. The number of thioether (sulfide) groups is 1. The third-order valence-corrected chi connectivity index (χ3v) is 5.08. The van der Waals surface area contributed by atoms with Crippen molar-refractivity contribution in [3.8, 4) is 5.75 Å². The van der Waals surface area contributed by atoms with Crippen molar-refractivity contribution >= 4 is 45.9 Å². The lowest BCUT2D eigenvalue weighted by atomic mass is 10.1. The van der Waals surface area contributed by atoms with E-state index in [1.807, 2.05) is 56.3 Å². The lowest BCUT2D eigenvalue weighted by molar-refractivity contribution is -0.113. The van der Waals surface area contributed by atoms with Gasteiger partial charge >= 0.3 is 0 Å². The minimum Gasteiger partial charge on any atom is -0.484 e. The molecule has 0 spiro atoms. The predicted molar refractivity (Wildman–Crippen MR) is 113 cm³/mol. The Labute approximate surface area is 175 Å². The van der Waals surface area contributed by atoms with Gasteiger partial charge < -0.3 is 14.5 Å². The average molecular weight is 495 g/mol. The molecule has 0 saturated heterocycles. The Morgan fingerprint density at radius 2 is 1.89 bits per heavy atom. The smallest absolute Gasteiger partial charge is 0.277 e. The van der Waals surface area contributed by atoms with Crippen molar-refractivity contribution < 1.29 is 13.9 Å². The highest BCUT2D eigenvalue weighted by Crippen LogP contribution is 2.24. The highest BCUT2D eigenvalue weighted by molar-refractivity contribution is 14.1. The number of ether oxygens (including phenoxy) is 1. The maximum atomic E-state index is 12.2. The van der Waals surface area contributed by atoms with Crippen LogP contribution < -0.4 is 10.1 Å². The quantitative estimate of drug-likeness (QED) is 0.382. The zero-order valence-corrected chi connectivity index (χ0v) is 17.8. The summed E-state index contributed by atoms with van der Waals surface area (Å²) >= 11 is 3.46. The summed E-state index contributed by atoms with van der Waals surface area (Å²) in [5.74, 6) is 1.16. The van der Waals surface area contributed by atoms with Gasteiger partial charge in [-0.2, -0.15) is 0 Å². The Morgan fingerprint density at radius 3 is 2.59 bits per heavy atom. The van der Waals surface area contributed by atoms with Gasteiger partial charge in [-0.25, -0.2) is 0 Å². The molecule has 6 nitrogen and oxygen atoms in total. The van der Waals surface area contributed by atoms with Crippen molar-refractivity contribution in [2.75, 3.05) is 11.1 Å². The second-order valence-corrected chi connectivity index (χ2v) is 7.99. The summed E-state index contributed by atoms with van der Waals surface area (Å²) < 4.78 is 12.2. The van der Waals surface area contributed by atoms with Crippen molar-refractivity contribution in [1.29, 1.82) is 0 Å². The molecule has 140 valence electrons. The molecule has 0 aliphatic rings. The molecular formula is C19H18IN3O3S. The number of hydrogen-bond donors (Lipinski definition) is 1. The zero-order valence-electron chi connectivity index (χ0n) is 14.9. The zero-order chi connectivity index (χ0) is 19.2. The molecular weight excluding hydrogens is 477 g/mol. The molecule has 0 radical (unpaired) electrons. The van der Waals surface area contributed by atoms with Gasteiger partial charge in [0, 0.05) is 9.26 Å². The minimum absolute atomic E-state index is 0.118. The maximum Gasteiger partial charge on any atom is 0.277 e. The molecule has 1 heterocycles. The Kier molecular flexibility index (Phi) is 6.73. The standard InChI is InChI=1S/C19H18IN3O3S/c1-12-8-14(20)9-13(2)18(12)21-16(24)11-27-19-23-22-17(26-19)10-25-15-6-4-3-5-7-15/h3-9H,10-11H2,1-2H3,(H,21,24). The van der Waals surface area contributed by atoms with Crippen molar-refractivity contribution in [3.63, 3.8) is 0 Å². The number of benzene rings is 2. The SMILES string of the molecule is Cc1cc(I)cc(C)c1NC(=O)CSc1nnc(COc2ccccc2)o1. The largest absolute Gasteiger partial charge is 0.484 e. The number of carbonyl (C=O) groups is 1. The molecule has 1 amide bonds. The number of rotatable bonds is 7. The van der Waals surface area contributed by atoms with Crippen LogP contribution in [0.3, 0.4) is 0 Å². The predicted octanol–water partition coefficient (Wildman–Crippen LogP) is 4.60. The summed E-state index contributed by atoms with van der Waals surface area (Å²) in [5.41, 5.74) is 2.93. The third-order valence-electron chi connectivity index (χ3n) is 3.64. The van der Waals surface area contributed by atoms with E-state index in [-0.39, 0.29) is 18.3 Å². The lowest BCUT2D eigenvalue weighted by Gasteiger charge is -2.11. The molecule has 0 bridgehead atoms. The number of anilines is 1. The number of nitrogens with zero attached hydrogens (tertiary/aromatic N) is 2. The van der Waals surface area contributed by atoms with Crippen LogP contribution in [-0.4, -0.2) is 21.9 Å². The number of aromatic nitrogens is 2. The first-order valence-electron chi connectivity index (χ1n) is 8.21. The Bertz CT molecular complexity index is 908. The first-order valence-corrected chi connectivity index (χ1v) is 10.3. The highest BCUT2D eigenvalue weighted by Gasteiger charge is 2.12.